The second kappa shape index (κ2) is 10.7. The number of hydrogen-bond donors (Lipinski definition) is 0. The summed E-state index contributed by atoms with van der Waals surface area (Å²) in [6.07, 6.45) is 0.853. The van der Waals surface area contributed by atoms with Crippen LogP contribution in [0.3, 0.4) is 0 Å². The van der Waals surface area contributed by atoms with Gasteiger partial charge in [0.25, 0.3) is 0 Å². The highest BCUT2D eigenvalue weighted by atomic mass is 16.5. The lowest BCUT2D eigenvalue weighted by atomic mass is 9.88. The first-order chi connectivity index (χ1) is 15.0. The number of amides is 1. The summed E-state index contributed by atoms with van der Waals surface area (Å²) in [7, 11) is 5.74. The van der Waals surface area contributed by atoms with Gasteiger partial charge in [0.2, 0.25) is 5.91 Å². The summed E-state index contributed by atoms with van der Waals surface area (Å²) in [6.45, 7) is 2.96. The van der Waals surface area contributed by atoms with Crippen LogP contribution in [0.25, 0.3) is 0 Å². The number of ether oxygens (including phenoxy) is 1. The maximum Gasteiger partial charge on any atom is 0.219 e. The van der Waals surface area contributed by atoms with E-state index in [1.807, 2.05) is 37.2 Å². The number of anilines is 1. The second-order valence-corrected chi connectivity index (χ2v) is 8.03. The third kappa shape index (κ3) is 6.11. The van der Waals surface area contributed by atoms with Gasteiger partial charge in [-0.1, -0.05) is 54.6 Å². The first-order valence-corrected chi connectivity index (χ1v) is 10.7. The first kappa shape index (κ1) is 22.4. The average Bonchev–Trinajstić information content (AvgIpc) is 2.79. The first-order valence-electron chi connectivity index (χ1n) is 10.7. The van der Waals surface area contributed by atoms with E-state index in [1.54, 1.807) is 14.0 Å². The molecule has 0 fully saturated rings. The number of benzene rings is 3. The van der Waals surface area contributed by atoms with Gasteiger partial charge in [-0.2, -0.15) is 0 Å². The normalized spacial score (nSPS) is 11.6. The highest BCUT2D eigenvalue weighted by molar-refractivity contribution is 5.73. The summed E-state index contributed by atoms with van der Waals surface area (Å²) >= 11 is 0. The highest BCUT2D eigenvalue weighted by Crippen LogP contribution is 2.30. The molecule has 0 heterocycles. The molecule has 3 rings (SSSR count). The van der Waals surface area contributed by atoms with Gasteiger partial charge in [0.15, 0.2) is 0 Å². The minimum Gasteiger partial charge on any atom is -0.497 e. The Kier molecular flexibility index (Phi) is 7.71. The molecule has 4 heteroatoms. The number of carbonyl (C=O) groups is 1. The number of carbonyl (C=O) groups excluding carboxylic acids is 1. The Morgan fingerprint density at radius 3 is 2.03 bits per heavy atom. The van der Waals surface area contributed by atoms with Crippen LogP contribution in [0.1, 0.15) is 36.0 Å². The molecule has 3 aromatic carbocycles. The zero-order valence-electron chi connectivity index (χ0n) is 18.9. The molecule has 0 saturated heterocycles. The summed E-state index contributed by atoms with van der Waals surface area (Å²) in [4.78, 5) is 16.4. The van der Waals surface area contributed by atoms with Gasteiger partial charge in [0.05, 0.1) is 7.11 Å². The standard InChI is InChI=1S/C27H32N2O2/c1-21(30)29(20-22-10-14-25(15-11-22)28(2)3)19-18-27(23-8-6-5-7-9-23)24-12-16-26(31-4)17-13-24/h5-17,27H,18-20H2,1-4H3/t27-/m0/s1. The number of nitrogens with zero attached hydrogens (tertiary/aromatic N) is 2. The van der Waals surface area contributed by atoms with Crippen LogP contribution < -0.4 is 9.64 Å². The monoisotopic (exact) mass is 416 g/mol. The molecule has 3 aromatic rings. The SMILES string of the molecule is COc1ccc([C@@H](CCN(Cc2ccc(N(C)C)cc2)C(C)=O)c2ccccc2)cc1. The van der Waals surface area contributed by atoms with Gasteiger partial charge >= 0.3 is 0 Å². The molecule has 0 radical (unpaired) electrons. The van der Waals surface area contributed by atoms with Crippen LogP contribution in [0.15, 0.2) is 78.9 Å². The van der Waals surface area contributed by atoms with E-state index in [1.165, 1.54) is 11.1 Å². The van der Waals surface area contributed by atoms with Crippen molar-refractivity contribution in [2.45, 2.75) is 25.8 Å². The van der Waals surface area contributed by atoms with Gasteiger partial charge in [-0.05, 0) is 47.4 Å². The van der Waals surface area contributed by atoms with Crippen molar-refractivity contribution < 1.29 is 9.53 Å². The second-order valence-electron chi connectivity index (χ2n) is 8.03. The van der Waals surface area contributed by atoms with Crippen LogP contribution in [0.4, 0.5) is 5.69 Å². The number of hydrogen-bond acceptors (Lipinski definition) is 3. The Bertz CT molecular complexity index is 951. The molecule has 162 valence electrons. The quantitative estimate of drug-likeness (QED) is 0.472. The fourth-order valence-corrected chi connectivity index (χ4v) is 3.80. The van der Waals surface area contributed by atoms with Crippen molar-refractivity contribution in [3.8, 4) is 5.75 Å². The molecule has 0 aliphatic heterocycles. The highest BCUT2D eigenvalue weighted by Gasteiger charge is 2.18. The van der Waals surface area contributed by atoms with Crippen LogP contribution >= 0.6 is 0 Å². The van der Waals surface area contributed by atoms with Crippen molar-refractivity contribution >= 4 is 11.6 Å². The Morgan fingerprint density at radius 1 is 0.871 bits per heavy atom. The molecule has 0 aliphatic carbocycles. The lowest BCUT2D eigenvalue weighted by molar-refractivity contribution is -0.129. The minimum absolute atomic E-state index is 0.0956. The van der Waals surface area contributed by atoms with E-state index in [0.29, 0.717) is 13.1 Å². The molecule has 4 nitrogen and oxygen atoms in total. The van der Waals surface area contributed by atoms with Gasteiger partial charge in [0.1, 0.15) is 5.75 Å². The van der Waals surface area contributed by atoms with Crippen molar-refractivity contribution in [2.24, 2.45) is 0 Å². The summed E-state index contributed by atoms with van der Waals surface area (Å²) in [6, 6.07) is 27.1. The van der Waals surface area contributed by atoms with Crippen LogP contribution in [0.5, 0.6) is 5.75 Å². The van der Waals surface area contributed by atoms with Crippen LogP contribution in [-0.4, -0.2) is 38.6 Å². The molecule has 1 amide bonds. The molecule has 0 spiro atoms. The molecule has 0 aliphatic rings. The molecule has 31 heavy (non-hydrogen) atoms. The van der Waals surface area contributed by atoms with Gasteiger partial charge in [-0.3, -0.25) is 4.79 Å². The summed E-state index contributed by atoms with van der Waals surface area (Å²) in [5, 5.41) is 0. The Labute approximate surface area is 186 Å². The van der Waals surface area contributed by atoms with Gasteiger partial charge in [0, 0.05) is 45.7 Å². The van der Waals surface area contributed by atoms with Crippen molar-refractivity contribution in [3.05, 3.63) is 95.6 Å². The Hall–Kier alpha value is -3.27. The van der Waals surface area contributed by atoms with Crippen molar-refractivity contribution in [3.63, 3.8) is 0 Å². The molecular formula is C27H32N2O2. The lowest BCUT2D eigenvalue weighted by Crippen LogP contribution is -2.30. The van der Waals surface area contributed by atoms with E-state index in [-0.39, 0.29) is 11.8 Å². The van der Waals surface area contributed by atoms with Crippen LogP contribution in [0, 0.1) is 0 Å². The zero-order valence-corrected chi connectivity index (χ0v) is 18.9. The lowest BCUT2D eigenvalue weighted by Gasteiger charge is -2.25. The van der Waals surface area contributed by atoms with Gasteiger partial charge in [-0.15, -0.1) is 0 Å². The molecular weight excluding hydrogens is 384 g/mol. The topological polar surface area (TPSA) is 32.8 Å². The smallest absolute Gasteiger partial charge is 0.219 e. The van der Waals surface area contributed by atoms with Gasteiger partial charge in [-0.25, -0.2) is 0 Å². The fourth-order valence-electron chi connectivity index (χ4n) is 3.80. The molecule has 0 N–H and O–H groups in total. The largest absolute Gasteiger partial charge is 0.497 e. The molecule has 0 unspecified atom stereocenters. The van der Waals surface area contributed by atoms with Crippen molar-refractivity contribution in [1.82, 2.24) is 4.90 Å². The predicted molar refractivity (Wildman–Crippen MR) is 128 cm³/mol. The van der Waals surface area contributed by atoms with E-state index in [2.05, 4.69) is 65.6 Å². The van der Waals surface area contributed by atoms with E-state index in [0.717, 1.165) is 23.4 Å². The van der Waals surface area contributed by atoms with E-state index >= 15 is 0 Å². The molecule has 1 atom stereocenters. The third-order valence-corrected chi connectivity index (χ3v) is 5.68. The van der Waals surface area contributed by atoms with E-state index < -0.39 is 0 Å². The predicted octanol–water partition coefficient (Wildman–Crippen LogP) is 5.33. The van der Waals surface area contributed by atoms with Crippen molar-refractivity contribution in [2.75, 3.05) is 32.6 Å². The van der Waals surface area contributed by atoms with Crippen molar-refractivity contribution in [1.29, 1.82) is 0 Å². The Balaban J connectivity index is 1.76. The molecule has 0 saturated carbocycles. The third-order valence-electron chi connectivity index (χ3n) is 5.68. The molecule has 0 bridgehead atoms. The summed E-state index contributed by atoms with van der Waals surface area (Å²) < 4.78 is 5.32. The van der Waals surface area contributed by atoms with E-state index in [4.69, 9.17) is 4.74 Å². The fraction of sp³-hybridized carbons (Fsp3) is 0.296. The maximum atomic E-state index is 12.4. The van der Waals surface area contributed by atoms with E-state index in [9.17, 15) is 4.79 Å². The van der Waals surface area contributed by atoms with Crippen LogP contribution in [-0.2, 0) is 11.3 Å². The average molecular weight is 417 g/mol. The summed E-state index contributed by atoms with van der Waals surface area (Å²) in [5.41, 5.74) is 4.78. The van der Waals surface area contributed by atoms with Crippen LogP contribution in [0.2, 0.25) is 0 Å². The minimum atomic E-state index is 0.0956. The molecule has 0 aromatic heterocycles. The zero-order chi connectivity index (χ0) is 22.2. The number of methoxy groups -OCH3 is 1. The Morgan fingerprint density at radius 2 is 1.48 bits per heavy atom. The number of rotatable bonds is 9. The maximum absolute atomic E-state index is 12.4. The van der Waals surface area contributed by atoms with Gasteiger partial charge < -0.3 is 14.5 Å². The summed E-state index contributed by atoms with van der Waals surface area (Å²) in [5.74, 6) is 1.16.